The van der Waals surface area contributed by atoms with E-state index in [1.807, 2.05) is 50.4 Å². The molecular formula is C20H23N3O. The van der Waals surface area contributed by atoms with Crippen LogP contribution < -0.4 is 5.32 Å². The highest BCUT2D eigenvalue weighted by atomic mass is 16.2. The van der Waals surface area contributed by atoms with Gasteiger partial charge >= 0.3 is 0 Å². The van der Waals surface area contributed by atoms with Crippen molar-refractivity contribution in [3.8, 4) is 0 Å². The lowest BCUT2D eigenvalue weighted by Gasteiger charge is -2.13. The van der Waals surface area contributed by atoms with Crippen molar-refractivity contribution in [2.24, 2.45) is 0 Å². The Balaban J connectivity index is 2.06. The third-order valence-corrected chi connectivity index (χ3v) is 4.32. The lowest BCUT2D eigenvalue weighted by Crippen LogP contribution is -2.17. The summed E-state index contributed by atoms with van der Waals surface area (Å²) in [6.45, 7) is 10.2. The van der Waals surface area contributed by atoms with Gasteiger partial charge in [0, 0.05) is 11.9 Å². The highest BCUT2D eigenvalue weighted by Crippen LogP contribution is 2.24. The fraction of sp³-hybridized carbons (Fsp3) is 0.300. The lowest BCUT2D eigenvalue weighted by atomic mass is 10.0. The SMILES string of the molecule is CCc1nc2cc(C)ccn2c1C(=O)Nc1c(C)cc(C)cc1C. The van der Waals surface area contributed by atoms with Crippen molar-refractivity contribution in [1.82, 2.24) is 9.38 Å². The van der Waals surface area contributed by atoms with E-state index in [9.17, 15) is 4.79 Å². The first-order valence-corrected chi connectivity index (χ1v) is 8.27. The van der Waals surface area contributed by atoms with Gasteiger partial charge in [-0.2, -0.15) is 0 Å². The molecule has 0 atom stereocenters. The molecule has 2 heterocycles. The Hall–Kier alpha value is -2.62. The van der Waals surface area contributed by atoms with Crippen LogP contribution in [0.3, 0.4) is 0 Å². The summed E-state index contributed by atoms with van der Waals surface area (Å²) < 4.78 is 1.88. The average molecular weight is 321 g/mol. The van der Waals surface area contributed by atoms with Crippen LogP contribution in [0.5, 0.6) is 0 Å². The number of fused-ring (bicyclic) bond motifs is 1. The number of anilines is 1. The zero-order valence-electron chi connectivity index (χ0n) is 14.9. The second kappa shape index (κ2) is 6.11. The van der Waals surface area contributed by atoms with Crippen LogP contribution >= 0.6 is 0 Å². The van der Waals surface area contributed by atoms with Gasteiger partial charge in [-0.25, -0.2) is 4.98 Å². The molecule has 1 aromatic carbocycles. The van der Waals surface area contributed by atoms with Crippen molar-refractivity contribution in [3.63, 3.8) is 0 Å². The predicted octanol–water partition coefficient (Wildman–Crippen LogP) is 4.38. The van der Waals surface area contributed by atoms with Crippen molar-refractivity contribution >= 4 is 17.2 Å². The maximum absolute atomic E-state index is 13.0. The van der Waals surface area contributed by atoms with E-state index in [1.165, 1.54) is 5.56 Å². The summed E-state index contributed by atoms with van der Waals surface area (Å²) in [6.07, 6.45) is 2.63. The van der Waals surface area contributed by atoms with Crippen molar-refractivity contribution in [1.29, 1.82) is 0 Å². The van der Waals surface area contributed by atoms with Crippen molar-refractivity contribution < 1.29 is 4.79 Å². The Labute approximate surface area is 142 Å². The number of benzene rings is 1. The van der Waals surface area contributed by atoms with E-state index < -0.39 is 0 Å². The summed E-state index contributed by atoms with van der Waals surface area (Å²) in [6, 6.07) is 8.16. The molecule has 4 heteroatoms. The molecule has 3 rings (SSSR count). The number of hydrogen-bond donors (Lipinski definition) is 1. The normalized spacial score (nSPS) is 11.0. The average Bonchev–Trinajstić information content (AvgIpc) is 2.88. The van der Waals surface area contributed by atoms with Gasteiger partial charge in [0.05, 0.1) is 5.69 Å². The number of aryl methyl sites for hydroxylation is 5. The summed E-state index contributed by atoms with van der Waals surface area (Å²) in [4.78, 5) is 17.6. The lowest BCUT2D eigenvalue weighted by molar-refractivity contribution is 0.102. The first-order chi connectivity index (χ1) is 11.4. The number of amides is 1. The summed E-state index contributed by atoms with van der Waals surface area (Å²) in [5.41, 5.74) is 7.61. The number of hydrogen-bond acceptors (Lipinski definition) is 2. The highest BCUT2D eigenvalue weighted by molar-refractivity contribution is 6.05. The molecule has 0 unspecified atom stereocenters. The summed E-state index contributed by atoms with van der Waals surface area (Å²) in [5.74, 6) is -0.113. The fourth-order valence-electron chi connectivity index (χ4n) is 3.23. The number of imidazole rings is 1. The summed E-state index contributed by atoms with van der Waals surface area (Å²) in [5, 5.41) is 3.09. The topological polar surface area (TPSA) is 46.4 Å². The van der Waals surface area contributed by atoms with Crippen molar-refractivity contribution in [3.05, 3.63) is 64.1 Å². The molecule has 3 aromatic rings. The number of carbonyl (C=O) groups is 1. The molecule has 0 aliphatic heterocycles. The molecular weight excluding hydrogens is 298 g/mol. The molecule has 24 heavy (non-hydrogen) atoms. The van der Waals surface area contributed by atoms with E-state index in [-0.39, 0.29) is 5.91 Å². The largest absolute Gasteiger partial charge is 0.320 e. The van der Waals surface area contributed by atoms with Crippen LogP contribution in [-0.4, -0.2) is 15.3 Å². The number of nitrogens with zero attached hydrogens (tertiary/aromatic N) is 2. The van der Waals surface area contributed by atoms with Gasteiger partial charge < -0.3 is 5.32 Å². The minimum atomic E-state index is -0.113. The van der Waals surface area contributed by atoms with Gasteiger partial charge in [-0.1, -0.05) is 24.6 Å². The van der Waals surface area contributed by atoms with Gasteiger partial charge in [0.2, 0.25) is 0 Å². The molecule has 1 amide bonds. The van der Waals surface area contributed by atoms with E-state index in [0.29, 0.717) is 5.69 Å². The summed E-state index contributed by atoms with van der Waals surface area (Å²) in [7, 11) is 0. The maximum Gasteiger partial charge on any atom is 0.274 e. The van der Waals surface area contributed by atoms with Gasteiger partial charge in [-0.15, -0.1) is 0 Å². The fourth-order valence-corrected chi connectivity index (χ4v) is 3.23. The zero-order valence-corrected chi connectivity index (χ0v) is 14.9. The van der Waals surface area contributed by atoms with Gasteiger partial charge in [0.25, 0.3) is 5.91 Å². The molecule has 0 bridgehead atoms. The number of aromatic nitrogens is 2. The Kier molecular flexibility index (Phi) is 4.14. The number of carbonyl (C=O) groups excluding carboxylic acids is 1. The first kappa shape index (κ1) is 16.2. The van der Waals surface area contributed by atoms with E-state index >= 15 is 0 Å². The summed E-state index contributed by atoms with van der Waals surface area (Å²) >= 11 is 0. The van der Waals surface area contributed by atoms with Crippen LogP contribution in [0.15, 0.2) is 30.5 Å². The predicted molar refractivity (Wildman–Crippen MR) is 97.9 cm³/mol. The Bertz CT molecular complexity index is 914. The van der Waals surface area contributed by atoms with Crippen LogP contribution in [0.25, 0.3) is 5.65 Å². The van der Waals surface area contributed by atoms with Crippen LogP contribution in [0.4, 0.5) is 5.69 Å². The zero-order chi connectivity index (χ0) is 17.4. The van der Waals surface area contributed by atoms with Crippen LogP contribution in [0, 0.1) is 27.7 Å². The van der Waals surface area contributed by atoms with E-state index in [1.54, 1.807) is 0 Å². The second-order valence-electron chi connectivity index (χ2n) is 6.42. The second-order valence-corrected chi connectivity index (χ2v) is 6.42. The molecule has 0 radical (unpaired) electrons. The molecule has 2 aromatic heterocycles. The van der Waals surface area contributed by atoms with Crippen LogP contribution in [0.1, 0.15) is 45.4 Å². The van der Waals surface area contributed by atoms with Crippen molar-refractivity contribution in [2.45, 2.75) is 41.0 Å². The Morgan fingerprint density at radius 1 is 1.08 bits per heavy atom. The van der Waals surface area contributed by atoms with E-state index in [0.717, 1.165) is 40.1 Å². The highest BCUT2D eigenvalue weighted by Gasteiger charge is 2.19. The molecule has 0 spiro atoms. The molecule has 0 saturated carbocycles. The van der Waals surface area contributed by atoms with Gasteiger partial charge in [0.15, 0.2) is 0 Å². The third kappa shape index (κ3) is 2.80. The minimum Gasteiger partial charge on any atom is -0.320 e. The molecule has 0 fully saturated rings. The van der Waals surface area contributed by atoms with E-state index in [4.69, 9.17) is 0 Å². The van der Waals surface area contributed by atoms with Crippen molar-refractivity contribution in [2.75, 3.05) is 5.32 Å². The first-order valence-electron chi connectivity index (χ1n) is 8.27. The third-order valence-electron chi connectivity index (χ3n) is 4.32. The molecule has 0 aliphatic rings. The Morgan fingerprint density at radius 2 is 1.75 bits per heavy atom. The molecule has 4 nitrogen and oxygen atoms in total. The quantitative estimate of drug-likeness (QED) is 0.778. The standard InChI is InChI=1S/C20H23N3O/c1-6-16-19(23-8-7-12(2)11-17(23)21-16)20(24)22-18-14(4)9-13(3)10-15(18)5/h7-11H,6H2,1-5H3,(H,22,24). The molecule has 124 valence electrons. The van der Waals surface area contributed by atoms with Crippen LogP contribution in [-0.2, 0) is 6.42 Å². The number of pyridine rings is 1. The maximum atomic E-state index is 13.0. The monoisotopic (exact) mass is 321 g/mol. The Morgan fingerprint density at radius 3 is 2.38 bits per heavy atom. The van der Waals surface area contributed by atoms with Gasteiger partial charge in [0.1, 0.15) is 11.3 Å². The minimum absolute atomic E-state index is 0.113. The number of rotatable bonds is 3. The van der Waals surface area contributed by atoms with Gasteiger partial charge in [-0.05, 0) is 62.9 Å². The van der Waals surface area contributed by atoms with Crippen LogP contribution in [0.2, 0.25) is 0 Å². The smallest absolute Gasteiger partial charge is 0.274 e. The van der Waals surface area contributed by atoms with Gasteiger partial charge in [-0.3, -0.25) is 9.20 Å². The molecule has 0 aliphatic carbocycles. The van der Waals surface area contributed by atoms with E-state index in [2.05, 4.69) is 29.4 Å². The molecule has 1 N–H and O–H groups in total. The molecule has 0 saturated heterocycles. The number of nitrogens with one attached hydrogen (secondary N) is 1.